The number of carbonyl (C=O) groups excluding carboxylic acids is 3. The summed E-state index contributed by atoms with van der Waals surface area (Å²) in [5.41, 5.74) is 1.92. The van der Waals surface area contributed by atoms with E-state index in [2.05, 4.69) is 21.7 Å². The standard InChI is InChI=1S/C37H55FN4O6/c1-25-6-8-32(44)24-33(45)36(46)35(26(2)7-9-34(25)48-37(47)40(5)30-10-12-39(4)13-11-30)27(3)20-28-21-29(38)23-31(22-28)42-16-14-41(15-17-42)18-19-43/h7,9,20-23,25-26,30,32,34-35,43-44H,6,8,10-19,24H2,1-5H3/b9-7+,27-20+/t25-,26-,32+,34-,35-/m0/s1. The van der Waals surface area contributed by atoms with Crippen molar-refractivity contribution in [3.05, 3.63) is 47.3 Å². The molecule has 48 heavy (non-hydrogen) atoms. The van der Waals surface area contributed by atoms with E-state index >= 15 is 0 Å². The number of likely N-dealkylation sites (tertiary alicyclic amines) is 1. The van der Waals surface area contributed by atoms with Gasteiger partial charge < -0.3 is 29.6 Å². The summed E-state index contributed by atoms with van der Waals surface area (Å²) in [7, 11) is 3.85. The van der Waals surface area contributed by atoms with Gasteiger partial charge in [-0.1, -0.05) is 31.6 Å². The minimum Gasteiger partial charge on any atom is -0.442 e. The Morgan fingerprint density at radius 1 is 1.02 bits per heavy atom. The van der Waals surface area contributed by atoms with Gasteiger partial charge in [-0.15, -0.1) is 0 Å². The third-order valence-electron chi connectivity index (χ3n) is 10.3. The summed E-state index contributed by atoms with van der Waals surface area (Å²) in [6.07, 6.45) is 5.72. The number of benzene rings is 1. The van der Waals surface area contributed by atoms with Gasteiger partial charge >= 0.3 is 6.09 Å². The largest absolute Gasteiger partial charge is 0.442 e. The summed E-state index contributed by atoms with van der Waals surface area (Å²) < 4.78 is 21.0. The summed E-state index contributed by atoms with van der Waals surface area (Å²) in [4.78, 5) is 48.3. The molecule has 1 amide bonds. The molecule has 2 heterocycles. The number of amides is 1. The molecule has 0 bridgehead atoms. The zero-order valence-corrected chi connectivity index (χ0v) is 29.3. The molecule has 5 atom stereocenters. The van der Waals surface area contributed by atoms with Crippen LogP contribution in [-0.4, -0.2) is 127 Å². The van der Waals surface area contributed by atoms with E-state index in [-0.39, 0.29) is 25.0 Å². The number of anilines is 1. The van der Waals surface area contributed by atoms with E-state index in [0.29, 0.717) is 43.6 Å². The molecule has 0 aromatic heterocycles. The minimum atomic E-state index is -0.991. The van der Waals surface area contributed by atoms with Crippen LogP contribution < -0.4 is 4.90 Å². The van der Waals surface area contributed by atoms with Gasteiger partial charge in [0, 0.05) is 57.9 Å². The number of Topliss-reactive ketones (excluding diaryl/α,β-unsaturated/α-hetero) is 2. The average Bonchev–Trinajstić information content (AvgIpc) is 3.05. The second kappa shape index (κ2) is 17.5. The summed E-state index contributed by atoms with van der Waals surface area (Å²) in [6.45, 7) is 11.1. The normalized spacial score (nSPS) is 28.5. The summed E-state index contributed by atoms with van der Waals surface area (Å²) in [5.74, 6) is -3.04. The summed E-state index contributed by atoms with van der Waals surface area (Å²) in [6, 6.07) is 4.90. The van der Waals surface area contributed by atoms with Crippen LogP contribution >= 0.6 is 0 Å². The van der Waals surface area contributed by atoms with Crippen LogP contribution in [0.4, 0.5) is 14.9 Å². The first kappa shape index (κ1) is 37.7. The van der Waals surface area contributed by atoms with Gasteiger partial charge in [-0.3, -0.25) is 14.5 Å². The fourth-order valence-electron chi connectivity index (χ4n) is 7.13. The van der Waals surface area contributed by atoms with Crippen molar-refractivity contribution < 1.29 is 33.7 Å². The Balaban J connectivity index is 1.57. The van der Waals surface area contributed by atoms with Gasteiger partial charge in [-0.25, -0.2) is 9.18 Å². The Kier molecular flexibility index (Phi) is 13.8. The molecule has 2 fully saturated rings. The van der Waals surface area contributed by atoms with Crippen molar-refractivity contribution in [1.29, 1.82) is 0 Å². The van der Waals surface area contributed by atoms with Crippen LogP contribution in [0.1, 0.15) is 58.4 Å². The SMILES string of the molecule is C/C(=C\c1cc(F)cc(N2CCN(CCO)CC2)c1)[C@H]1C(=O)C(=O)C[C@H](O)CC[C@H](C)[C@@H](OC(=O)N(C)C2CCN(C)CC2)/C=C/[C@@H]1C. The van der Waals surface area contributed by atoms with E-state index in [1.54, 1.807) is 24.9 Å². The highest BCUT2D eigenvalue weighted by molar-refractivity contribution is 6.38. The molecule has 4 rings (SSSR count). The van der Waals surface area contributed by atoms with Crippen molar-refractivity contribution in [3.63, 3.8) is 0 Å². The first-order valence-electron chi connectivity index (χ1n) is 17.5. The van der Waals surface area contributed by atoms with Crippen molar-refractivity contribution in [1.82, 2.24) is 14.7 Å². The van der Waals surface area contributed by atoms with E-state index in [1.165, 1.54) is 12.1 Å². The van der Waals surface area contributed by atoms with Gasteiger partial charge in [0.15, 0.2) is 0 Å². The van der Waals surface area contributed by atoms with Crippen molar-refractivity contribution in [2.45, 2.75) is 71.1 Å². The quantitative estimate of drug-likeness (QED) is 0.328. The minimum absolute atomic E-state index is 0.0972. The highest BCUT2D eigenvalue weighted by atomic mass is 19.1. The number of aliphatic hydroxyl groups is 2. The van der Waals surface area contributed by atoms with Crippen LogP contribution in [0.2, 0.25) is 0 Å². The van der Waals surface area contributed by atoms with Crippen LogP contribution in [-0.2, 0) is 14.3 Å². The summed E-state index contributed by atoms with van der Waals surface area (Å²) in [5, 5.41) is 20.0. The van der Waals surface area contributed by atoms with Crippen molar-refractivity contribution in [2.75, 3.05) is 71.4 Å². The lowest BCUT2D eigenvalue weighted by Crippen LogP contribution is -2.47. The molecule has 1 aromatic rings. The second-order valence-corrected chi connectivity index (χ2v) is 14.1. The number of hydrogen-bond acceptors (Lipinski definition) is 9. The number of hydrogen-bond donors (Lipinski definition) is 2. The van der Waals surface area contributed by atoms with Crippen LogP contribution in [0.15, 0.2) is 35.9 Å². The third-order valence-corrected chi connectivity index (χ3v) is 10.3. The lowest BCUT2D eigenvalue weighted by Gasteiger charge is -2.36. The zero-order valence-electron chi connectivity index (χ0n) is 29.3. The lowest BCUT2D eigenvalue weighted by molar-refractivity contribution is -0.140. The van der Waals surface area contributed by atoms with Crippen molar-refractivity contribution in [2.24, 2.45) is 17.8 Å². The molecule has 11 heteroatoms. The number of aliphatic hydroxyl groups excluding tert-OH is 2. The Morgan fingerprint density at radius 2 is 1.71 bits per heavy atom. The molecular formula is C37H55FN4O6. The first-order valence-corrected chi connectivity index (χ1v) is 17.5. The topological polar surface area (TPSA) is 114 Å². The molecule has 0 spiro atoms. The highest BCUT2D eigenvalue weighted by Crippen LogP contribution is 2.30. The molecule has 2 saturated heterocycles. The predicted octanol–water partition coefficient (Wildman–Crippen LogP) is 4.00. The van der Waals surface area contributed by atoms with Gasteiger partial charge in [0.25, 0.3) is 0 Å². The molecule has 266 valence electrons. The smallest absolute Gasteiger partial charge is 0.410 e. The number of ketones is 2. The van der Waals surface area contributed by atoms with Crippen LogP contribution in [0, 0.1) is 23.6 Å². The molecule has 0 saturated carbocycles. The maximum Gasteiger partial charge on any atom is 0.410 e. The molecule has 2 N–H and O–H groups in total. The average molecular weight is 671 g/mol. The first-order chi connectivity index (χ1) is 22.9. The van der Waals surface area contributed by atoms with Gasteiger partial charge in [0.2, 0.25) is 11.6 Å². The maximum absolute atomic E-state index is 14.9. The molecule has 1 aromatic carbocycles. The number of ether oxygens (including phenoxy) is 1. The fourth-order valence-corrected chi connectivity index (χ4v) is 7.13. The molecule has 0 unspecified atom stereocenters. The Hall–Kier alpha value is -3.12. The maximum atomic E-state index is 14.9. The monoisotopic (exact) mass is 670 g/mol. The molecule has 3 aliphatic rings. The number of carbonyl (C=O) groups is 3. The molecule has 1 aliphatic carbocycles. The Morgan fingerprint density at radius 3 is 2.38 bits per heavy atom. The van der Waals surface area contributed by atoms with Crippen molar-refractivity contribution >= 4 is 29.4 Å². The highest BCUT2D eigenvalue weighted by Gasteiger charge is 2.34. The van der Waals surface area contributed by atoms with E-state index in [9.17, 15) is 29.0 Å². The Bertz CT molecular complexity index is 1320. The third kappa shape index (κ3) is 10.2. The van der Waals surface area contributed by atoms with Gasteiger partial charge in [0.1, 0.15) is 11.9 Å². The fraction of sp³-hybridized carbons (Fsp3) is 0.649. The number of β-amino-alcohol motifs (C(OH)–C–C–N with tert-alkyl or cyclic N) is 1. The van der Waals surface area contributed by atoms with Gasteiger partial charge in [-0.2, -0.15) is 0 Å². The molecule has 0 radical (unpaired) electrons. The molecule has 2 aliphatic heterocycles. The van der Waals surface area contributed by atoms with E-state index < -0.39 is 47.5 Å². The van der Waals surface area contributed by atoms with Gasteiger partial charge in [0.05, 0.1) is 18.6 Å². The Labute approximate surface area is 285 Å². The molecular weight excluding hydrogens is 615 g/mol. The number of allylic oxidation sites excluding steroid dienone is 2. The summed E-state index contributed by atoms with van der Waals surface area (Å²) >= 11 is 0. The predicted molar refractivity (Wildman–Crippen MR) is 185 cm³/mol. The molecule has 10 nitrogen and oxygen atoms in total. The van der Waals surface area contributed by atoms with E-state index in [1.807, 2.05) is 32.1 Å². The van der Waals surface area contributed by atoms with Crippen LogP contribution in [0.5, 0.6) is 0 Å². The van der Waals surface area contributed by atoms with Gasteiger partial charge in [-0.05, 0) is 94.4 Å². The number of piperazine rings is 1. The number of nitrogens with zero attached hydrogens (tertiary/aromatic N) is 4. The number of piperidine rings is 1. The number of halogens is 1. The van der Waals surface area contributed by atoms with E-state index in [0.717, 1.165) is 44.7 Å². The second-order valence-electron chi connectivity index (χ2n) is 14.1. The van der Waals surface area contributed by atoms with Crippen LogP contribution in [0.25, 0.3) is 6.08 Å². The van der Waals surface area contributed by atoms with Crippen LogP contribution in [0.3, 0.4) is 0 Å². The van der Waals surface area contributed by atoms with E-state index in [4.69, 9.17) is 4.74 Å². The number of rotatable bonds is 7. The lowest BCUT2D eigenvalue weighted by atomic mass is 9.79. The zero-order chi connectivity index (χ0) is 35.0. The van der Waals surface area contributed by atoms with Crippen molar-refractivity contribution in [3.8, 4) is 0 Å².